The van der Waals surface area contributed by atoms with Gasteiger partial charge in [0.25, 0.3) is 11.0 Å². The molecule has 3 aromatic rings. The molecule has 170 valence electrons. The first-order valence-electron chi connectivity index (χ1n) is 9.65. The number of phenols is 2. The van der Waals surface area contributed by atoms with E-state index in [1.54, 1.807) is 18.2 Å². The molecule has 2 N–H and O–H groups in total. The Bertz CT molecular complexity index is 1520. The van der Waals surface area contributed by atoms with E-state index in [0.29, 0.717) is 0 Å². The molecular weight excluding hydrogens is 464 g/mol. The van der Waals surface area contributed by atoms with Gasteiger partial charge in [-0.3, -0.25) is 14.4 Å². The molecule has 0 saturated heterocycles. The van der Waals surface area contributed by atoms with Crippen molar-refractivity contribution in [3.8, 4) is 17.2 Å². The first-order valence-corrected chi connectivity index (χ1v) is 11.1. The molecule has 0 aliphatic heterocycles. The molecule has 0 saturated carbocycles. The van der Waals surface area contributed by atoms with Gasteiger partial charge in [-0.05, 0) is 12.1 Å². The van der Waals surface area contributed by atoms with Gasteiger partial charge in [-0.25, -0.2) is 0 Å². The summed E-state index contributed by atoms with van der Waals surface area (Å²) in [7, 11) is -5.18. The number of hydrogen-bond donors (Lipinski definition) is 2. The zero-order chi connectivity index (χ0) is 24.6. The summed E-state index contributed by atoms with van der Waals surface area (Å²) in [5, 5.41) is 17.8. The van der Waals surface area contributed by atoms with Crippen molar-refractivity contribution in [2.24, 2.45) is 0 Å². The lowest BCUT2D eigenvalue weighted by Gasteiger charge is -2.20. The predicted molar refractivity (Wildman–Crippen MR) is 117 cm³/mol. The van der Waals surface area contributed by atoms with Crippen LogP contribution in [0.25, 0.3) is 5.53 Å². The summed E-state index contributed by atoms with van der Waals surface area (Å²) in [5.41, 5.74) is 7.61. The van der Waals surface area contributed by atoms with E-state index in [2.05, 4.69) is 4.79 Å². The van der Waals surface area contributed by atoms with E-state index >= 15 is 0 Å². The normalized spacial score (nSPS) is 15.4. The van der Waals surface area contributed by atoms with Crippen LogP contribution in [0.15, 0.2) is 66.7 Å². The lowest BCUT2D eigenvalue weighted by Crippen LogP contribution is -2.48. The molecule has 3 aromatic carbocycles. The van der Waals surface area contributed by atoms with Crippen molar-refractivity contribution in [3.63, 3.8) is 0 Å². The van der Waals surface area contributed by atoms with Crippen LogP contribution in [0.3, 0.4) is 0 Å². The summed E-state index contributed by atoms with van der Waals surface area (Å²) >= 11 is 0. The number of ketones is 3. The van der Waals surface area contributed by atoms with Gasteiger partial charge in [0.2, 0.25) is 5.75 Å². The molecule has 10 nitrogen and oxygen atoms in total. The van der Waals surface area contributed by atoms with Gasteiger partial charge in [0.1, 0.15) is 0 Å². The summed E-state index contributed by atoms with van der Waals surface area (Å²) in [6.07, 6.45) is 0. The van der Waals surface area contributed by atoms with Gasteiger partial charge in [0.15, 0.2) is 23.1 Å². The first kappa shape index (κ1) is 22.6. The number of benzene rings is 3. The molecule has 0 spiro atoms. The van der Waals surface area contributed by atoms with E-state index in [9.17, 15) is 38.5 Å². The quantitative estimate of drug-likeness (QED) is 0.185. The highest BCUT2D eigenvalue weighted by Crippen LogP contribution is 2.41. The average Bonchev–Trinajstić information content (AvgIpc) is 2.84. The Labute approximate surface area is 192 Å². The second-order valence-electron chi connectivity index (χ2n) is 7.19. The van der Waals surface area contributed by atoms with Crippen LogP contribution in [0.2, 0.25) is 0 Å². The minimum absolute atomic E-state index is 0.116. The number of fused-ring (bicyclic) bond motifs is 1. The standard InChI is InChI=1S/C23H14N2O8S/c24-25-17-19(28)13-8-4-5-9-14(13)20(29)23(17)34(31,32)33-22-15(10-11-16(26)21(22)30)18(27)12-6-2-1-3-7-12/h1-11,23,26,30H. The Morgan fingerprint density at radius 2 is 1.53 bits per heavy atom. The lowest BCUT2D eigenvalue weighted by molar-refractivity contribution is -0.00871. The van der Waals surface area contributed by atoms with Crippen LogP contribution >= 0.6 is 0 Å². The van der Waals surface area contributed by atoms with Crippen molar-refractivity contribution in [2.75, 3.05) is 0 Å². The van der Waals surface area contributed by atoms with Crippen LogP contribution < -0.4 is 4.18 Å². The number of carbonyl (C=O) groups is 3. The molecule has 0 fully saturated rings. The minimum Gasteiger partial charge on any atom is -0.504 e. The Balaban J connectivity index is 1.84. The van der Waals surface area contributed by atoms with Crippen LogP contribution in [-0.4, -0.2) is 51.7 Å². The number of phenolic OH excluding ortho intramolecular Hbond substituents is 2. The van der Waals surface area contributed by atoms with Crippen LogP contribution in [0, 0.1) is 0 Å². The van der Waals surface area contributed by atoms with Crippen molar-refractivity contribution in [3.05, 3.63) is 94.5 Å². The average molecular weight is 478 g/mol. The van der Waals surface area contributed by atoms with Gasteiger partial charge in [-0.1, -0.05) is 54.6 Å². The molecule has 34 heavy (non-hydrogen) atoms. The highest BCUT2D eigenvalue weighted by atomic mass is 32.2. The highest BCUT2D eigenvalue weighted by Gasteiger charge is 2.53. The second kappa shape index (κ2) is 8.39. The molecule has 1 atom stereocenters. The van der Waals surface area contributed by atoms with Gasteiger partial charge in [0.05, 0.1) is 5.56 Å². The molecule has 0 bridgehead atoms. The summed E-state index contributed by atoms with van der Waals surface area (Å²) in [4.78, 5) is 41.3. The lowest BCUT2D eigenvalue weighted by atomic mass is 9.88. The van der Waals surface area contributed by atoms with E-state index in [-0.39, 0.29) is 16.7 Å². The number of hydrogen-bond acceptors (Lipinski definition) is 8. The van der Waals surface area contributed by atoms with Crippen molar-refractivity contribution >= 4 is 33.2 Å². The molecular formula is C23H14N2O8S. The highest BCUT2D eigenvalue weighted by molar-refractivity contribution is 7.89. The zero-order valence-corrected chi connectivity index (χ0v) is 17.9. The van der Waals surface area contributed by atoms with Gasteiger partial charge < -0.3 is 19.9 Å². The third-order valence-corrected chi connectivity index (χ3v) is 6.56. The van der Waals surface area contributed by atoms with Crippen LogP contribution in [-0.2, 0) is 10.1 Å². The predicted octanol–water partition coefficient (Wildman–Crippen LogP) is 2.16. The summed E-state index contributed by atoms with van der Waals surface area (Å²) < 4.78 is 31.3. The first-order chi connectivity index (χ1) is 16.2. The molecule has 1 unspecified atom stereocenters. The van der Waals surface area contributed by atoms with Crippen LogP contribution in [0.1, 0.15) is 36.6 Å². The third kappa shape index (κ3) is 3.64. The second-order valence-corrected chi connectivity index (χ2v) is 8.81. The zero-order valence-electron chi connectivity index (χ0n) is 17.1. The monoisotopic (exact) mass is 478 g/mol. The molecule has 1 aliphatic carbocycles. The van der Waals surface area contributed by atoms with Crippen molar-refractivity contribution in [1.29, 1.82) is 0 Å². The van der Waals surface area contributed by atoms with Gasteiger partial charge in [-0.2, -0.15) is 13.2 Å². The molecule has 0 radical (unpaired) electrons. The number of rotatable bonds is 5. The topological polar surface area (TPSA) is 171 Å². The Kier molecular flexibility index (Phi) is 5.58. The molecule has 0 aromatic heterocycles. The fourth-order valence-corrected chi connectivity index (χ4v) is 4.83. The number of Topliss-reactive ketones (excluding diaryl/α,β-unsaturated/α-hetero) is 2. The molecule has 11 heteroatoms. The molecule has 0 heterocycles. The largest absolute Gasteiger partial charge is 0.504 e. The minimum atomic E-state index is -5.18. The van der Waals surface area contributed by atoms with Crippen molar-refractivity contribution in [2.45, 2.75) is 5.25 Å². The van der Waals surface area contributed by atoms with E-state index < -0.39 is 61.2 Å². The van der Waals surface area contributed by atoms with E-state index in [0.717, 1.165) is 12.1 Å². The SMILES string of the molecule is [N-]=[N+]=C1C(=O)c2ccccc2C(=O)C1S(=O)(=O)Oc1c(C(=O)c2ccccc2)ccc(O)c1O. The molecule has 4 rings (SSSR count). The Hall–Kier alpha value is -4.60. The maximum absolute atomic E-state index is 13.2. The fraction of sp³-hybridized carbons (Fsp3) is 0.0435. The maximum Gasteiger partial charge on any atom is 0.368 e. The Morgan fingerprint density at radius 3 is 2.18 bits per heavy atom. The van der Waals surface area contributed by atoms with Gasteiger partial charge in [0, 0.05) is 16.7 Å². The smallest absolute Gasteiger partial charge is 0.368 e. The molecule has 0 amide bonds. The van der Waals surface area contributed by atoms with Gasteiger partial charge >= 0.3 is 15.8 Å². The van der Waals surface area contributed by atoms with Gasteiger partial charge in [-0.15, -0.1) is 0 Å². The van der Waals surface area contributed by atoms with E-state index in [1.165, 1.54) is 36.4 Å². The fourth-order valence-electron chi connectivity index (χ4n) is 3.52. The number of aromatic hydroxyl groups is 2. The summed E-state index contributed by atoms with van der Waals surface area (Å²) in [6.45, 7) is 0. The van der Waals surface area contributed by atoms with Crippen LogP contribution in [0.4, 0.5) is 0 Å². The molecule has 1 aliphatic rings. The summed E-state index contributed by atoms with van der Waals surface area (Å²) in [5.74, 6) is -5.72. The number of carbonyl (C=O) groups excluding carboxylic acids is 3. The Morgan fingerprint density at radius 1 is 0.912 bits per heavy atom. The van der Waals surface area contributed by atoms with E-state index in [1.807, 2.05) is 0 Å². The maximum atomic E-state index is 13.2. The van der Waals surface area contributed by atoms with Crippen LogP contribution in [0.5, 0.6) is 17.2 Å². The summed E-state index contributed by atoms with van der Waals surface area (Å²) in [6, 6.07) is 14.9. The third-order valence-electron chi connectivity index (χ3n) is 5.14. The van der Waals surface area contributed by atoms with E-state index in [4.69, 9.17) is 4.18 Å². The van der Waals surface area contributed by atoms with Crippen molar-refractivity contribution in [1.82, 2.24) is 0 Å². The van der Waals surface area contributed by atoms with Crippen molar-refractivity contribution < 1.29 is 42.0 Å². The number of nitrogens with zero attached hydrogens (tertiary/aromatic N) is 2.